The van der Waals surface area contributed by atoms with Crippen molar-refractivity contribution >= 4 is 0 Å². The topological polar surface area (TPSA) is 32.3 Å². The quantitative estimate of drug-likeness (QED) is 0.737. The first-order chi connectivity index (χ1) is 7.13. The van der Waals surface area contributed by atoms with Crippen LogP contribution in [0.5, 0.6) is 5.75 Å². The highest BCUT2D eigenvalue weighted by atomic mass is 16.3. The molecular weight excluding hydrogens is 186 g/mol. The third kappa shape index (κ3) is 1.86. The molecule has 1 aliphatic heterocycles. The summed E-state index contributed by atoms with van der Waals surface area (Å²) in [5.41, 5.74) is 1.46. The van der Waals surface area contributed by atoms with Crippen LogP contribution in [-0.4, -0.2) is 18.2 Å². The van der Waals surface area contributed by atoms with Gasteiger partial charge >= 0.3 is 0 Å². The molecule has 0 radical (unpaired) electrons. The SMILES string of the molecule is CC1CNCCC1(C)c1cccc(O)c1. The highest BCUT2D eigenvalue weighted by molar-refractivity contribution is 5.33. The number of benzene rings is 1. The van der Waals surface area contributed by atoms with Gasteiger partial charge in [-0.2, -0.15) is 0 Å². The molecule has 15 heavy (non-hydrogen) atoms. The van der Waals surface area contributed by atoms with Gasteiger partial charge in [0.25, 0.3) is 0 Å². The molecule has 2 atom stereocenters. The zero-order valence-electron chi connectivity index (χ0n) is 9.46. The van der Waals surface area contributed by atoms with Gasteiger partial charge in [-0.15, -0.1) is 0 Å². The van der Waals surface area contributed by atoms with Crippen molar-refractivity contribution in [2.24, 2.45) is 5.92 Å². The lowest BCUT2D eigenvalue weighted by molar-refractivity contribution is 0.237. The molecule has 1 heterocycles. The van der Waals surface area contributed by atoms with E-state index in [9.17, 15) is 5.11 Å². The van der Waals surface area contributed by atoms with Crippen molar-refractivity contribution in [1.29, 1.82) is 0 Å². The number of hydrogen-bond donors (Lipinski definition) is 2. The number of rotatable bonds is 1. The minimum absolute atomic E-state index is 0.198. The second-order valence-electron chi connectivity index (χ2n) is 4.82. The molecule has 0 bridgehead atoms. The Kier molecular flexibility index (Phi) is 2.70. The van der Waals surface area contributed by atoms with Gasteiger partial charge < -0.3 is 10.4 Å². The molecule has 0 spiro atoms. The van der Waals surface area contributed by atoms with E-state index in [0.29, 0.717) is 11.7 Å². The number of nitrogens with one attached hydrogen (secondary N) is 1. The maximum absolute atomic E-state index is 9.53. The smallest absolute Gasteiger partial charge is 0.115 e. The molecule has 2 N–H and O–H groups in total. The van der Waals surface area contributed by atoms with Crippen LogP contribution in [0.25, 0.3) is 0 Å². The van der Waals surface area contributed by atoms with Crippen LogP contribution in [0.1, 0.15) is 25.8 Å². The molecule has 82 valence electrons. The van der Waals surface area contributed by atoms with Crippen molar-refractivity contribution in [3.8, 4) is 5.75 Å². The van der Waals surface area contributed by atoms with Gasteiger partial charge in [-0.1, -0.05) is 26.0 Å². The van der Waals surface area contributed by atoms with Crippen LogP contribution < -0.4 is 5.32 Å². The maximum atomic E-state index is 9.53. The van der Waals surface area contributed by atoms with E-state index in [-0.39, 0.29) is 5.41 Å². The maximum Gasteiger partial charge on any atom is 0.115 e. The summed E-state index contributed by atoms with van der Waals surface area (Å²) in [6.45, 7) is 6.70. The molecule has 0 saturated carbocycles. The van der Waals surface area contributed by atoms with E-state index in [1.807, 2.05) is 12.1 Å². The van der Waals surface area contributed by atoms with Crippen LogP contribution in [0.15, 0.2) is 24.3 Å². The minimum atomic E-state index is 0.198. The highest BCUT2D eigenvalue weighted by Gasteiger charge is 2.35. The molecule has 2 unspecified atom stereocenters. The fourth-order valence-electron chi connectivity index (χ4n) is 2.43. The average molecular weight is 205 g/mol. The van der Waals surface area contributed by atoms with Crippen molar-refractivity contribution in [3.05, 3.63) is 29.8 Å². The third-order valence-electron chi connectivity index (χ3n) is 3.86. The Morgan fingerprint density at radius 3 is 2.93 bits per heavy atom. The van der Waals surface area contributed by atoms with E-state index in [1.165, 1.54) is 5.56 Å². The predicted molar refractivity (Wildman–Crippen MR) is 62.1 cm³/mol. The molecule has 0 amide bonds. The molecule has 1 aromatic carbocycles. The van der Waals surface area contributed by atoms with Crippen molar-refractivity contribution < 1.29 is 5.11 Å². The van der Waals surface area contributed by atoms with E-state index in [1.54, 1.807) is 6.07 Å². The van der Waals surface area contributed by atoms with Gasteiger partial charge in [0, 0.05) is 0 Å². The summed E-state index contributed by atoms with van der Waals surface area (Å²) in [6, 6.07) is 7.70. The van der Waals surface area contributed by atoms with Crippen molar-refractivity contribution in [1.82, 2.24) is 5.32 Å². The Morgan fingerprint density at radius 2 is 2.27 bits per heavy atom. The van der Waals surface area contributed by atoms with E-state index < -0.39 is 0 Å². The normalized spacial score (nSPS) is 31.5. The lowest BCUT2D eigenvalue weighted by Crippen LogP contribution is -2.44. The van der Waals surface area contributed by atoms with Crippen LogP contribution in [0.4, 0.5) is 0 Å². The Hall–Kier alpha value is -1.02. The Balaban J connectivity index is 2.34. The average Bonchev–Trinajstić information content (AvgIpc) is 2.23. The monoisotopic (exact) mass is 205 g/mol. The fourth-order valence-corrected chi connectivity index (χ4v) is 2.43. The predicted octanol–water partition coefficient (Wildman–Crippen LogP) is 2.28. The number of aromatic hydroxyl groups is 1. The van der Waals surface area contributed by atoms with Crippen molar-refractivity contribution in [2.75, 3.05) is 13.1 Å². The van der Waals surface area contributed by atoms with Gasteiger partial charge in [-0.3, -0.25) is 0 Å². The second-order valence-corrected chi connectivity index (χ2v) is 4.82. The molecule has 1 aliphatic rings. The van der Waals surface area contributed by atoms with E-state index in [0.717, 1.165) is 19.5 Å². The first-order valence-corrected chi connectivity index (χ1v) is 5.63. The standard InChI is InChI=1S/C13H19NO/c1-10-9-14-7-6-13(10,2)11-4-3-5-12(15)8-11/h3-5,8,10,14-15H,6-7,9H2,1-2H3. The summed E-state index contributed by atoms with van der Waals surface area (Å²) >= 11 is 0. The summed E-state index contributed by atoms with van der Waals surface area (Å²) < 4.78 is 0. The van der Waals surface area contributed by atoms with Gasteiger partial charge in [-0.05, 0) is 48.5 Å². The van der Waals surface area contributed by atoms with Crippen LogP contribution >= 0.6 is 0 Å². The fraction of sp³-hybridized carbons (Fsp3) is 0.538. The third-order valence-corrected chi connectivity index (χ3v) is 3.86. The lowest BCUT2D eigenvalue weighted by Gasteiger charge is -2.40. The van der Waals surface area contributed by atoms with Crippen LogP contribution in [0.3, 0.4) is 0 Å². The van der Waals surface area contributed by atoms with Gasteiger partial charge in [0.1, 0.15) is 5.75 Å². The first-order valence-electron chi connectivity index (χ1n) is 5.63. The largest absolute Gasteiger partial charge is 0.508 e. The van der Waals surface area contributed by atoms with Crippen LogP contribution in [0.2, 0.25) is 0 Å². The molecule has 2 rings (SSSR count). The molecule has 0 aromatic heterocycles. The second kappa shape index (κ2) is 3.86. The molecule has 2 heteroatoms. The molecule has 0 aliphatic carbocycles. The van der Waals surface area contributed by atoms with Crippen LogP contribution in [-0.2, 0) is 5.41 Å². The zero-order valence-corrected chi connectivity index (χ0v) is 9.46. The van der Waals surface area contributed by atoms with Crippen molar-refractivity contribution in [3.63, 3.8) is 0 Å². The molecule has 1 fully saturated rings. The number of phenols is 1. The molecule has 2 nitrogen and oxygen atoms in total. The molecule has 1 aromatic rings. The van der Waals surface area contributed by atoms with Gasteiger partial charge in [-0.25, -0.2) is 0 Å². The van der Waals surface area contributed by atoms with E-state index in [2.05, 4.69) is 25.2 Å². The number of hydrogen-bond acceptors (Lipinski definition) is 2. The van der Waals surface area contributed by atoms with E-state index >= 15 is 0 Å². The van der Waals surface area contributed by atoms with Crippen molar-refractivity contribution in [2.45, 2.75) is 25.7 Å². The molecule has 1 saturated heterocycles. The lowest BCUT2D eigenvalue weighted by atomic mass is 9.68. The number of phenolic OH excluding ortho intramolecular Hbond substituents is 1. The van der Waals surface area contributed by atoms with Crippen LogP contribution in [0, 0.1) is 5.92 Å². The highest BCUT2D eigenvalue weighted by Crippen LogP contribution is 2.37. The Morgan fingerprint density at radius 1 is 1.47 bits per heavy atom. The van der Waals surface area contributed by atoms with Gasteiger partial charge in [0.15, 0.2) is 0 Å². The summed E-state index contributed by atoms with van der Waals surface area (Å²) in [4.78, 5) is 0. The number of piperidine rings is 1. The summed E-state index contributed by atoms with van der Waals surface area (Å²) in [5, 5.41) is 12.9. The summed E-state index contributed by atoms with van der Waals surface area (Å²) in [7, 11) is 0. The Bertz CT molecular complexity index is 350. The van der Waals surface area contributed by atoms with Gasteiger partial charge in [0.2, 0.25) is 0 Å². The minimum Gasteiger partial charge on any atom is -0.508 e. The molecular formula is C13H19NO. The zero-order chi connectivity index (χ0) is 10.9. The summed E-state index contributed by atoms with van der Waals surface area (Å²) in [6.07, 6.45) is 1.14. The Labute approximate surface area is 91.3 Å². The first kappa shape index (κ1) is 10.5. The van der Waals surface area contributed by atoms with Gasteiger partial charge in [0.05, 0.1) is 0 Å². The summed E-state index contributed by atoms with van der Waals surface area (Å²) in [5.74, 6) is 0.979. The van der Waals surface area contributed by atoms with E-state index in [4.69, 9.17) is 0 Å².